The van der Waals surface area contributed by atoms with Crippen molar-refractivity contribution in [2.24, 2.45) is 0 Å². The summed E-state index contributed by atoms with van der Waals surface area (Å²) in [5.74, 6) is 0.517. The Bertz CT molecular complexity index is 184. The van der Waals surface area contributed by atoms with E-state index in [1.165, 1.54) is 6.92 Å². The average molecular weight is 205 g/mol. The number of carbonyl (C=O) groups is 2. The first-order valence-electron chi connectivity index (χ1n) is 4.17. The predicted molar refractivity (Wildman–Crippen MR) is 52.9 cm³/mol. The maximum absolute atomic E-state index is 11.0. The molecule has 0 bridgehead atoms. The molecule has 0 unspecified atom stereocenters. The van der Waals surface area contributed by atoms with Crippen molar-refractivity contribution in [2.45, 2.75) is 26.3 Å². The van der Waals surface area contributed by atoms with Crippen molar-refractivity contribution >= 4 is 23.6 Å². The Kier molecular flexibility index (Phi) is 6.40. The zero-order chi connectivity index (χ0) is 10.3. The lowest BCUT2D eigenvalue weighted by Crippen LogP contribution is -2.38. The van der Waals surface area contributed by atoms with Crippen LogP contribution in [0.4, 0.5) is 0 Å². The fourth-order valence-corrected chi connectivity index (χ4v) is 1.30. The summed E-state index contributed by atoms with van der Waals surface area (Å²) in [6.45, 7) is 3.47. The topological polar surface area (TPSA) is 66.4 Å². The molecule has 0 saturated heterocycles. The van der Waals surface area contributed by atoms with Gasteiger partial charge in [-0.25, -0.2) is 0 Å². The molecule has 4 nitrogen and oxygen atoms in total. The summed E-state index contributed by atoms with van der Waals surface area (Å²) in [6, 6.07) is -0.792. The second-order valence-electron chi connectivity index (χ2n) is 2.57. The van der Waals surface area contributed by atoms with Crippen molar-refractivity contribution in [3.63, 3.8) is 0 Å². The molecule has 2 N–H and O–H groups in total. The van der Waals surface area contributed by atoms with Gasteiger partial charge in [0.05, 0.1) is 0 Å². The van der Waals surface area contributed by atoms with E-state index in [4.69, 9.17) is 5.11 Å². The van der Waals surface area contributed by atoms with Crippen LogP contribution < -0.4 is 5.32 Å². The molecule has 1 atom stereocenters. The van der Waals surface area contributed by atoms with Gasteiger partial charge in [0.2, 0.25) is 5.91 Å². The number of rotatable bonds is 6. The van der Waals surface area contributed by atoms with E-state index in [-0.39, 0.29) is 5.91 Å². The highest BCUT2D eigenvalue weighted by molar-refractivity contribution is 7.99. The fourth-order valence-electron chi connectivity index (χ4n) is 0.685. The Labute approximate surface area is 82.1 Å². The van der Waals surface area contributed by atoms with Crippen LogP contribution in [0.2, 0.25) is 0 Å². The molecule has 0 spiro atoms. The molecule has 0 radical (unpaired) electrons. The van der Waals surface area contributed by atoms with E-state index in [0.717, 1.165) is 11.5 Å². The SMILES string of the molecule is CCSCCC(=O)N[C@H](C)C(=O)O. The minimum atomic E-state index is -1.00. The number of hydrogen-bond acceptors (Lipinski definition) is 3. The second kappa shape index (κ2) is 6.77. The molecule has 0 aliphatic carbocycles. The van der Waals surface area contributed by atoms with Crippen LogP contribution in [0.1, 0.15) is 20.3 Å². The third-order valence-electron chi connectivity index (χ3n) is 1.43. The minimum Gasteiger partial charge on any atom is -0.480 e. The van der Waals surface area contributed by atoms with Crippen LogP contribution in [0.5, 0.6) is 0 Å². The predicted octanol–water partition coefficient (Wildman–Crippen LogP) is 0.719. The third-order valence-corrected chi connectivity index (χ3v) is 2.33. The smallest absolute Gasteiger partial charge is 0.325 e. The summed E-state index contributed by atoms with van der Waals surface area (Å²) in [5.41, 5.74) is 0. The number of aliphatic carboxylic acids is 1. The average Bonchev–Trinajstić information content (AvgIpc) is 2.04. The van der Waals surface area contributed by atoms with Crippen molar-refractivity contribution in [2.75, 3.05) is 11.5 Å². The monoisotopic (exact) mass is 205 g/mol. The van der Waals surface area contributed by atoms with E-state index in [9.17, 15) is 9.59 Å². The van der Waals surface area contributed by atoms with Crippen LogP contribution in [0.3, 0.4) is 0 Å². The molecule has 0 aromatic heterocycles. The molecule has 0 aliphatic rings. The number of carboxylic acids is 1. The standard InChI is InChI=1S/C8H15NO3S/c1-3-13-5-4-7(10)9-6(2)8(11)12/h6H,3-5H2,1-2H3,(H,9,10)(H,11,12)/t6-/m1/s1. The highest BCUT2D eigenvalue weighted by Crippen LogP contribution is 2.00. The quantitative estimate of drug-likeness (QED) is 0.627. The van der Waals surface area contributed by atoms with E-state index in [1.807, 2.05) is 6.92 Å². The van der Waals surface area contributed by atoms with Gasteiger partial charge in [-0.3, -0.25) is 9.59 Å². The first-order chi connectivity index (χ1) is 6.07. The van der Waals surface area contributed by atoms with E-state index in [2.05, 4.69) is 5.32 Å². The van der Waals surface area contributed by atoms with Gasteiger partial charge < -0.3 is 10.4 Å². The molecule has 0 aromatic rings. The molecular weight excluding hydrogens is 190 g/mol. The number of hydrogen-bond donors (Lipinski definition) is 2. The number of thioether (sulfide) groups is 1. The summed E-state index contributed by atoms with van der Waals surface area (Å²) in [5, 5.41) is 10.9. The maximum atomic E-state index is 11.0. The van der Waals surface area contributed by atoms with Crippen LogP contribution in [0.25, 0.3) is 0 Å². The normalized spacial score (nSPS) is 12.2. The molecule has 1 amide bonds. The van der Waals surface area contributed by atoms with E-state index in [1.54, 1.807) is 11.8 Å². The van der Waals surface area contributed by atoms with Gasteiger partial charge >= 0.3 is 5.97 Å². The van der Waals surface area contributed by atoms with Crippen LogP contribution in [0, 0.1) is 0 Å². The van der Waals surface area contributed by atoms with Gasteiger partial charge in [0.25, 0.3) is 0 Å². The van der Waals surface area contributed by atoms with Gasteiger partial charge in [0.1, 0.15) is 6.04 Å². The Hall–Kier alpha value is -0.710. The molecule has 0 fully saturated rings. The van der Waals surface area contributed by atoms with E-state index >= 15 is 0 Å². The molecule has 13 heavy (non-hydrogen) atoms. The van der Waals surface area contributed by atoms with Gasteiger partial charge in [-0.15, -0.1) is 0 Å². The van der Waals surface area contributed by atoms with Gasteiger partial charge in [-0.2, -0.15) is 11.8 Å². The van der Waals surface area contributed by atoms with Crippen LogP contribution >= 0.6 is 11.8 Å². The minimum absolute atomic E-state index is 0.198. The second-order valence-corrected chi connectivity index (χ2v) is 3.97. The molecule has 76 valence electrons. The van der Waals surface area contributed by atoms with Gasteiger partial charge in [-0.05, 0) is 12.7 Å². The summed E-state index contributed by atoms with van der Waals surface area (Å²) in [7, 11) is 0. The van der Waals surface area contributed by atoms with Gasteiger partial charge in [0.15, 0.2) is 0 Å². The summed E-state index contributed by atoms with van der Waals surface area (Å²) < 4.78 is 0. The molecule has 0 aliphatic heterocycles. The van der Waals surface area contributed by atoms with Crippen molar-refractivity contribution in [1.29, 1.82) is 0 Å². The van der Waals surface area contributed by atoms with Crippen LogP contribution in [-0.2, 0) is 9.59 Å². The van der Waals surface area contributed by atoms with Crippen molar-refractivity contribution in [3.05, 3.63) is 0 Å². The summed E-state index contributed by atoms with van der Waals surface area (Å²) >= 11 is 1.66. The zero-order valence-corrected chi connectivity index (χ0v) is 8.69. The highest BCUT2D eigenvalue weighted by atomic mass is 32.2. The van der Waals surface area contributed by atoms with E-state index < -0.39 is 12.0 Å². The van der Waals surface area contributed by atoms with E-state index in [0.29, 0.717) is 6.42 Å². The summed E-state index contributed by atoms with van der Waals surface area (Å²) in [6.07, 6.45) is 0.385. The van der Waals surface area contributed by atoms with Gasteiger partial charge in [-0.1, -0.05) is 6.92 Å². The molecule has 5 heteroatoms. The Morgan fingerprint density at radius 3 is 2.62 bits per heavy atom. The largest absolute Gasteiger partial charge is 0.480 e. The summed E-state index contributed by atoms with van der Waals surface area (Å²) in [4.78, 5) is 21.4. The van der Waals surface area contributed by atoms with Crippen molar-refractivity contribution in [1.82, 2.24) is 5.32 Å². The highest BCUT2D eigenvalue weighted by Gasteiger charge is 2.12. The number of carbonyl (C=O) groups excluding carboxylic acids is 1. The molecule has 0 saturated carbocycles. The van der Waals surface area contributed by atoms with Crippen LogP contribution in [-0.4, -0.2) is 34.5 Å². The first-order valence-corrected chi connectivity index (χ1v) is 5.33. The Morgan fingerprint density at radius 1 is 1.54 bits per heavy atom. The molecule has 0 heterocycles. The fraction of sp³-hybridized carbons (Fsp3) is 0.750. The Morgan fingerprint density at radius 2 is 2.15 bits per heavy atom. The Balaban J connectivity index is 3.56. The zero-order valence-electron chi connectivity index (χ0n) is 7.87. The first kappa shape index (κ1) is 12.3. The van der Waals surface area contributed by atoms with Gasteiger partial charge in [0, 0.05) is 12.2 Å². The third kappa shape index (κ3) is 6.45. The number of amides is 1. The molecule has 0 aromatic carbocycles. The van der Waals surface area contributed by atoms with Crippen molar-refractivity contribution < 1.29 is 14.7 Å². The molecular formula is C8H15NO3S. The number of carboxylic acid groups (broad SMARTS) is 1. The lowest BCUT2D eigenvalue weighted by Gasteiger charge is -2.08. The van der Waals surface area contributed by atoms with Crippen molar-refractivity contribution in [3.8, 4) is 0 Å². The maximum Gasteiger partial charge on any atom is 0.325 e. The molecule has 0 rings (SSSR count). The lowest BCUT2D eigenvalue weighted by molar-refractivity contribution is -0.141. The van der Waals surface area contributed by atoms with Crippen LogP contribution in [0.15, 0.2) is 0 Å². The lowest BCUT2D eigenvalue weighted by atomic mass is 10.3. The number of nitrogens with one attached hydrogen (secondary N) is 1.